The number of sulfonamides is 1. The van der Waals surface area contributed by atoms with Crippen LogP contribution in [-0.2, 0) is 10.0 Å². The quantitative estimate of drug-likeness (QED) is 0.567. The van der Waals surface area contributed by atoms with E-state index in [-0.39, 0.29) is 23.8 Å². The van der Waals surface area contributed by atoms with Gasteiger partial charge < -0.3 is 4.74 Å². The van der Waals surface area contributed by atoms with Crippen molar-refractivity contribution in [1.29, 1.82) is 0 Å². The molecule has 0 aliphatic carbocycles. The van der Waals surface area contributed by atoms with E-state index in [1.807, 2.05) is 0 Å². The summed E-state index contributed by atoms with van der Waals surface area (Å²) in [5.41, 5.74) is 1.63. The van der Waals surface area contributed by atoms with Crippen molar-refractivity contribution in [2.45, 2.75) is 42.7 Å². The van der Waals surface area contributed by atoms with Crippen LogP contribution in [0.2, 0.25) is 0 Å². The Hall–Kier alpha value is -3.11. The molecule has 0 unspecified atom stereocenters. The highest BCUT2D eigenvalue weighted by atomic mass is 32.2. The molecule has 178 valence electrons. The van der Waals surface area contributed by atoms with Crippen LogP contribution in [0.15, 0.2) is 59.8 Å². The maximum absolute atomic E-state index is 15.2. The lowest BCUT2D eigenvalue weighted by atomic mass is 9.89. The molecule has 1 fully saturated rings. The minimum absolute atomic E-state index is 0.0636. The Morgan fingerprint density at radius 2 is 1.76 bits per heavy atom. The van der Waals surface area contributed by atoms with Crippen LogP contribution in [0.3, 0.4) is 0 Å². The molecule has 34 heavy (non-hydrogen) atoms. The second-order valence-electron chi connectivity index (χ2n) is 8.45. The summed E-state index contributed by atoms with van der Waals surface area (Å²) in [7, 11) is -4.26. The maximum Gasteiger partial charge on any atom is 0.267 e. The van der Waals surface area contributed by atoms with Gasteiger partial charge in [-0.3, -0.25) is 4.90 Å². The monoisotopic (exact) mass is 486 g/mol. The van der Waals surface area contributed by atoms with Gasteiger partial charge in [-0.15, -0.1) is 0 Å². The van der Waals surface area contributed by atoms with Crippen molar-refractivity contribution in [2.24, 2.45) is 0 Å². The van der Waals surface area contributed by atoms with Gasteiger partial charge in [-0.25, -0.2) is 31.9 Å². The molecule has 0 radical (unpaired) electrons. The first-order chi connectivity index (χ1) is 16.4. The molecule has 3 heterocycles. The minimum Gasteiger partial charge on any atom is -0.493 e. The average Bonchev–Trinajstić information content (AvgIpc) is 2.84. The number of rotatable bonds is 5. The highest BCUT2D eigenvalue weighted by Crippen LogP contribution is 2.44. The van der Waals surface area contributed by atoms with Crippen molar-refractivity contribution in [3.8, 4) is 5.75 Å². The van der Waals surface area contributed by atoms with Crippen molar-refractivity contribution >= 4 is 16.0 Å². The molecule has 7 nitrogen and oxygen atoms in total. The summed E-state index contributed by atoms with van der Waals surface area (Å²) in [5, 5.41) is 0. The van der Waals surface area contributed by atoms with Crippen LogP contribution in [0.25, 0.3) is 0 Å². The normalized spacial score (nSPS) is 20.9. The topological polar surface area (TPSA) is 84.4 Å². The average molecular weight is 487 g/mol. The van der Waals surface area contributed by atoms with Gasteiger partial charge in [0.25, 0.3) is 10.0 Å². The fourth-order valence-electron chi connectivity index (χ4n) is 4.82. The number of anilines is 1. The lowest BCUT2D eigenvalue weighted by Crippen LogP contribution is -2.39. The Morgan fingerprint density at radius 3 is 2.53 bits per heavy atom. The lowest BCUT2D eigenvalue weighted by Gasteiger charge is -2.43. The van der Waals surface area contributed by atoms with E-state index in [0.29, 0.717) is 24.3 Å². The van der Waals surface area contributed by atoms with Crippen LogP contribution in [-0.4, -0.2) is 36.4 Å². The third-order valence-corrected chi connectivity index (χ3v) is 7.70. The number of hydrogen-bond acceptors (Lipinski definition) is 6. The number of hydrogen-bond donors (Lipinski definition) is 1. The van der Waals surface area contributed by atoms with Crippen molar-refractivity contribution < 1.29 is 21.9 Å². The first kappa shape index (κ1) is 22.7. The zero-order valence-electron chi connectivity index (χ0n) is 18.3. The van der Waals surface area contributed by atoms with Gasteiger partial charge in [0, 0.05) is 42.5 Å². The summed E-state index contributed by atoms with van der Waals surface area (Å²) >= 11 is 0. The second kappa shape index (κ2) is 9.27. The molecule has 1 N–H and O–H groups in total. The largest absolute Gasteiger partial charge is 0.493 e. The lowest BCUT2D eigenvalue weighted by molar-refractivity contribution is 0.0665. The zero-order chi connectivity index (χ0) is 23.7. The maximum atomic E-state index is 15.2. The van der Waals surface area contributed by atoms with Gasteiger partial charge >= 0.3 is 0 Å². The van der Waals surface area contributed by atoms with Gasteiger partial charge in [-0.05, 0) is 49.2 Å². The Labute approximate surface area is 196 Å². The Balaban J connectivity index is 1.48. The van der Waals surface area contributed by atoms with E-state index in [0.717, 1.165) is 31.4 Å². The van der Waals surface area contributed by atoms with Gasteiger partial charge in [-0.1, -0.05) is 18.6 Å². The number of nitrogens with zero attached hydrogens (tertiary/aromatic N) is 3. The number of halogens is 2. The number of likely N-dealkylation sites (tertiary alicyclic amines) is 1. The van der Waals surface area contributed by atoms with Gasteiger partial charge in [0.1, 0.15) is 22.3 Å². The molecule has 0 bridgehead atoms. The molecule has 5 rings (SSSR count). The highest BCUT2D eigenvalue weighted by molar-refractivity contribution is 7.92. The van der Waals surface area contributed by atoms with E-state index in [9.17, 15) is 12.8 Å². The number of ether oxygens (including phenoxy) is 1. The first-order valence-electron chi connectivity index (χ1n) is 11.2. The second-order valence-corrected chi connectivity index (χ2v) is 10.1. The molecule has 2 aliphatic heterocycles. The highest BCUT2D eigenvalue weighted by Gasteiger charge is 2.36. The van der Waals surface area contributed by atoms with Crippen LogP contribution < -0.4 is 9.46 Å². The van der Waals surface area contributed by atoms with Crippen LogP contribution in [0.4, 0.5) is 14.7 Å². The fourth-order valence-corrected chi connectivity index (χ4v) is 5.85. The van der Waals surface area contributed by atoms with E-state index in [1.54, 1.807) is 18.2 Å². The summed E-state index contributed by atoms with van der Waals surface area (Å²) < 4.78 is 62.3. The molecule has 0 amide bonds. The molecule has 2 aromatic carbocycles. The van der Waals surface area contributed by atoms with E-state index < -0.39 is 20.7 Å². The van der Waals surface area contributed by atoms with Gasteiger partial charge in [-0.2, -0.15) is 0 Å². The number of fused-ring (bicyclic) bond motifs is 1. The zero-order valence-corrected chi connectivity index (χ0v) is 19.1. The predicted octanol–water partition coefficient (Wildman–Crippen LogP) is 4.61. The number of benzene rings is 2. The van der Waals surface area contributed by atoms with Gasteiger partial charge in [0.2, 0.25) is 5.95 Å². The fraction of sp³-hybridized carbons (Fsp3) is 0.333. The molecular weight excluding hydrogens is 462 g/mol. The third kappa shape index (κ3) is 4.47. The van der Waals surface area contributed by atoms with Gasteiger partial charge in [0.15, 0.2) is 0 Å². The van der Waals surface area contributed by atoms with E-state index in [1.165, 1.54) is 36.7 Å². The van der Waals surface area contributed by atoms with E-state index >= 15 is 4.39 Å². The molecule has 2 aliphatic rings. The molecule has 0 saturated carbocycles. The van der Waals surface area contributed by atoms with Crippen LogP contribution in [0, 0.1) is 11.6 Å². The van der Waals surface area contributed by atoms with Crippen molar-refractivity contribution in [2.75, 3.05) is 17.9 Å². The van der Waals surface area contributed by atoms with Crippen molar-refractivity contribution in [1.82, 2.24) is 14.9 Å². The molecule has 1 aromatic heterocycles. The SMILES string of the molecule is O=S(=O)(Nc1ncccn1)c1cc2c(cc1F)[C@@H](N1CCCC[C@H]1c1ccc(F)cc1)CCO2. The Morgan fingerprint density at radius 1 is 1.00 bits per heavy atom. The number of piperidine rings is 1. The molecular formula is C24H24F2N4O3S. The molecule has 0 spiro atoms. The first-order valence-corrected chi connectivity index (χ1v) is 12.7. The minimum atomic E-state index is -4.26. The molecule has 2 atom stereocenters. The van der Waals surface area contributed by atoms with Crippen molar-refractivity contribution in [3.63, 3.8) is 0 Å². The predicted molar refractivity (Wildman–Crippen MR) is 122 cm³/mol. The molecule has 1 saturated heterocycles. The van der Waals surface area contributed by atoms with Gasteiger partial charge in [0.05, 0.1) is 6.61 Å². The summed E-state index contributed by atoms with van der Waals surface area (Å²) in [6.07, 6.45) is 6.38. The van der Waals surface area contributed by atoms with Crippen LogP contribution in [0.1, 0.15) is 48.9 Å². The van der Waals surface area contributed by atoms with Crippen LogP contribution in [0.5, 0.6) is 5.75 Å². The standard InChI is InChI=1S/C24H24F2N4O3S/c25-17-7-5-16(6-8-17)20-4-1-2-12-30(20)21-9-13-33-22-15-23(19(26)14-18(21)22)34(31,32)29-24-27-10-3-11-28-24/h3,5-8,10-11,14-15,20-21H,1-2,4,9,12-13H2,(H,27,28,29)/t20-,21-/m0/s1. The summed E-state index contributed by atoms with van der Waals surface area (Å²) in [6, 6.07) is 10.5. The summed E-state index contributed by atoms with van der Waals surface area (Å²) in [6.45, 7) is 1.19. The van der Waals surface area contributed by atoms with Crippen LogP contribution >= 0.6 is 0 Å². The van der Waals surface area contributed by atoms with E-state index in [2.05, 4.69) is 19.6 Å². The summed E-state index contributed by atoms with van der Waals surface area (Å²) in [4.78, 5) is 9.46. The number of nitrogens with one attached hydrogen (secondary N) is 1. The Kier molecular flexibility index (Phi) is 6.18. The summed E-state index contributed by atoms with van der Waals surface area (Å²) in [5.74, 6) is -0.954. The Bertz CT molecular complexity index is 1270. The molecule has 10 heteroatoms. The van der Waals surface area contributed by atoms with E-state index in [4.69, 9.17) is 4.74 Å². The smallest absolute Gasteiger partial charge is 0.267 e. The van der Waals surface area contributed by atoms with Crippen molar-refractivity contribution in [3.05, 3.63) is 77.6 Å². The third-order valence-electron chi connectivity index (χ3n) is 6.35. The molecule has 3 aromatic rings. The number of aromatic nitrogens is 2.